The molecule has 2 N–H and O–H groups in total. The third-order valence-corrected chi connectivity index (χ3v) is 6.09. The van der Waals surface area contributed by atoms with Gasteiger partial charge in [0.05, 0.1) is 9.83 Å². The van der Waals surface area contributed by atoms with Crippen molar-refractivity contribution in [2.75, 3.05) is 26.2 Å². The lowest BCUT2D eigenvalue weighted by molar-refractivity contribution is 0.0648. The second-order valence-corrected chi connectivity index (χ2v) is 8.27. The van der Waals surface area contributed by atoms with E-state index in [2.05, 4.69) is 44.8 Å². The summed E-state index contributed by atoms with van der Waals surface area (Å²) in [6.07, 6.45) is 2.72. The van der Waals surface area contributed by atoms with Crippen molar-refractivity contribution < 1.29 is 0 Å². The summed E-state index contributed by atoms with van der Waals surface area (Å²) in [5, 5.41) is 0. The molecule has 2 fully saturated rings. The lowest BCUT2D eigenvalue weighted by Gasteiger charge is -2.42. The summed E-state index contributed by atoms with van der Waals surface area (Å²) in [4.78, 5) is 6.66. The van der Waals surface area contributed by atoms with E-state index in [0.717, 1.165) is 12.6 Å². The first-order chi connectivity index (χ1) is 9.15. The molecular weight excluding hydrogens is 322 g/mol. The number of hydrogen-bond donors (Lipinski definition) is 1. The number of halogens is 1. The number of rotatable bonds is 3. The Hall–Kier alpha value is 0.0600. The molecule has 0 aliphatic carbocycles. The van der Waals surface area contributed by atoms with Gasteiger partial charge in [-0.3, -0.25) is 9.80 Å². The molecule has 0 amide bonds. The van der Waals surface area contributed by atoms with Gasteiger partial charge in [-0.1, -0.05) is 0 Å². The molecule has 19 heavy (non-hydrogen) atoms. The molecule has 0 bridgehead atoms. The third kappa shape index (κ3) is 2.90. The van der Waals surface area contributed by atoms with Gasteiger partial charge in [0, 0.05) is 36.6 Å². The van der Waals surface area contributed by atoms with Crippen molar-refractivity contribution in [3.05, 3.63) is 20.8 Å². The van der Waals surface area contributed by atoms with Gasteiger partial charge in [0.2, 0.25) is 0 Å². The van der Waals surface area contributed by atoms with Crippen molar-refractivity contribution in [1.82, 2.24) is 9.80 Å². The highest BCUT2D eigenvalue weighted by Gasteiger charge is 2.35. The quantitative estimate of drug-likeness (QED) is 0.915. The van der Waals surface area contributed by atoms with Crippen LogP contribution in [0.15, 0.2) is 15.9 Å². The minimum absolute atomic E-state index is 0.179. The molecule has 3 atom stereocenters. The molecule has 2 saturated heterocycles. The first-order valence-corrected chi connectivity index (χ1v) is 8.75. The monoisotopic (exact) mass is 343 g/mol. The molecule has 0 saturated carbocycles. The summed E-state index contributed by atoms with van der Waals surface area (Å²) < 4.78 is 1.20. The maximum Gasteiger partial charge on any atom is 0.0702 e. The predicted octanol–water partition coefficient (Wildman–Crippen LogP) is 2.68. The molecule has 2 aliphatic heterocycles. The number of piperazine rings is 1. The van der Waals surface area contributed by atoms with Crippen molar-refractivity contribution in [3.63, 3.8) is 0 Å². The second-order valence-electron chi connectivity index (χ2n) is 5.77. The Balaban J connectivity index is 1.77. The Kier molecular flexibility index (Phi) is 4.29. The van der Waals surface area contributed by atoms with Gasteiger partial charge < -0.3 is 5.73 Å². The van der Waals surface area contributed by atoms with E-state index in [9.17, 15) is 0 Å². The van der Waals surface area contributed by atoms with E-state index in [4.69, 9.17) is 5.73 Å². The van der Waals surface area contributed by atoms with Crippen LogP contribution < -0.4 is 5.73 Å². The summed E-state index contributed by atoms with van der Waals surface area (Å²) in [7, 11) is 0. The first-order valence-electron chi connectivity index (χ1n) is 7.14. The topological polar surface area (TPSA) is 32.5 Å². The van der Waals surface area contributed by atoms with Gasteiger partial charge in [-0.15, -0.1) is 11.3 Å². The van der Waals surface area contributed by atoms with Crippen LogP contribution in [0.3, 0.4) is 0 Å². The van der Waals surface area contributed by atoms with Crippen LogP contribution in [0.1, 0.15) is 30.7 Å². The van der Waals surface area contributed by atoms with E-state index in [1.165, 1.54) is 41.1 Å². The molecule has 3 unspecified atom stereocenters. The van der Waals surface area contributed by atoms with Crippen molar-refractivity contribution in [1.29, 1.82) is 0 Å². The van der Waals surface area contributed by atoms with Gasteiger partial charge in [0.15, 0.2) is 0 Å². The van der Waals surface area contributed by atoms with Gasteiger partial charge in [-0.2, -0.15) is 0 Å². The zero-order valence-electron chi connectivity index (χ0n) is 11.4. The highest BCUT2D eigenvalue weighted by Crippen LogP contribution is 2.34. The van der Waals surface area contributed by atoms with Crippen LogP contribution in [0.2, 0.25) is 0 Å². The second kappa shape index (κ2) is 5.82. The fourth-order valence-electron chi connectivity index (χ4n) is 3.53. The fraction of sp³-hybridized carbons (Fsp3) is 0.714. The summed E-state index contributed by atoms with van der Waals surface area (Å²) in [5.41, 5.74) is 6.28. The van der Waals surface area contributed by atoms with Crippen LogP contribution in [-0.2, 0) is 0 Å². The Labute approximate surface area is 127 Å². The Bertz CT molecular complexity index is 434. The zero-order chi connectivity index (χ0) is 13.4. The number of nitrogens with zero attached hydrogens (tertiary/aromatic N) is 2. The van der Waals surface area contributed by atoms with E-state index < -0.39 is 0 Å². The molecule has 0 spiro atoms. The number of nitrogens with two attached hydrogens (primary N) is 1. The maximum absolute atomic E-state index is 6.28. The number of thiophene rings is 1. The minimum atomic E-state index is 0.179. The summed E-state index contributed by atoms with van der Waals surface area (Å²) in [6.45, 7) is 6.98. The zero-order valence-corrected chi connectivity index (χ0v) is 13.8. The highest BCUT2D eigenvalue weighted by molar-refractivity contribution is 9.11. The number of fused-ring (bicyclic) bond motifs is 1. The maximum atomic E-state index is 6.28. The van der Waals surface area contributed by atoms with Crippen LogP contribution in [-0.4, -0.2) is 48.1 Å². The Morgan fingerprint density at radius 3 is 2.89 bits per heavy atom. The van der Waals surface area contributed by atoms with Crippen LogP contribution in [0.5, 0.6) is 0 Å². The van der Waals surface area contributed by atoms with Gasteiger partial charge in [0.25, 0.3) is 0 Å². The number of hydrogen-bond acceptors (Lipinski definition) is 4. The van der Waals surface area contributed by atoms with E-state index >= 15 is 0 Å². The minimum Gasteiger partial charge on any atom is -0.326 e. The van der Waals surface area contributed by atoms with Crippen molar-refractivity contribution in [3.8, 4) is 0 Å². The molecule has 0 radical (unpaired) electrons. The average Bonchev–Trinajstić information content (AvgIpc) is 2.97. The van der Waals surface area contributed by atoms with E-state index in [-0.39, 0.29) is 6.04 Å². The Morgan fingerprint density at radius 2 is 2.21 bits per heavy atom. The Morgan fingerprint density at radius 1 is 1.37 bits per heavy atom. The average molecular weight is 344 g/mol. The first kappa shape index (κ1) is 14.0. The summed E-state index contributed by atoms with van der Waals surface area (Å²) in [5.74, 6) is 0. The molecule has 2 aliphatic rings. The van der Waals surface area contributed by atoms with E-state index in [0.29, 0.717) is 6.04 Å². The van der Waals surface area contributed by atoms with Crippen LogP contribution in [0.25, 0.3) is 0 Å². The molecule has 106 valence electrons. The third-order valence-electron chi connectivity index (χ3n) is 4.40. The molecule has 3 rings (SSSR count). The molecule has 3 nitrogen and oxygen atoms in total. The van der Waals surface area contributed by atoms with Crippen molar-refractivity contribution in [2.24, 2.45) is 5.73 Å². The lowest BCUT2D eigenvalue weighted by Crippen LogP contribution is -2.53. The molecule has 1 aromatic heterocycles. The van der Waals surface area contributed by atoms with Crippen LogP contribution in [0.4, 0.5) is 0 Å². The predicted molar refractivity (Wildman–Crippen MR) is 84.6 cm³/mol. The van der Waals surface area contributed by atoms with Gasteiger partial charge in [0.1, 0.15) is 0 Å². The molecule has 0 aromatic carbocycles. The smallest absolute Gasteiger partial charge is 0.0702 e. The van der Waals surface area contributed by atoms with E-state index in [1.54, 1.807) is 0 Å². The molecule has 5 heteroatoms. The molecular formula is C14H22BrN3S. The largest absolute Gasteiger partial charge is 0.326 e. The van der Waals surface area contributed by atoms with Gasteiger partial charge >= 0.3 is 0 Å². The molecule has 3 heterocycles. The van der Waals surface area contributed by atoms with Crippen LogP contribution in [0, 0.1) is 0 Å². The SMILES string of the molecule is CC(N)C(c1ccc(Br)s1)N1CCN2CCCC2C1. The standard InChI is InChI=1S/C14H22BrN3S/c1-10(16)14(12-4-5-13(15)19-12)18-8-7-17-6-2-3-11(17)9-18/h4-5,10-11,14H,2-3,6-9,16H2,1H3. The molecule has 1 aromatic rings. The summed E-state index contributed by atoms with van der Waals surface area (Å²) >= 11 is 5.39. The van der Waals surface area contributed by atoms with Crippen molar-refractivity contribution in [2.45, 2.75) is 37.9 Å². The van der Waals surface area contributed by atoms with Gasteiger partial charge in [-0.05, 0) is 54.4 Å². The van der Waals surface area contributed by atoms with Crippen molar-refractivity contribution >= 4 is 27.3 Å². The van der Waals surface area contributed by atoms with Gasteiger partial charge in [-0.25, -0.2) is 0 Å². The summed E-state index contributed by atoms with van der Waals surface area (Å²) in [6, 6.07) is 5.68. The highest BCUT2D eigenvalue weighted by atomic mass is 79.9. The fourth-order valence-corrected chi connectivity index (χ4v) is 5.20. The van der Waals surface area contributed by atoms with E-state index in [1.807, 2.05) is 11.3 Å². The lowest BCUT2D eigenvalue weighted by atomic mass is 10.0. The van der Waals surface area contributed by atoms with Crippen LogP contribution >= 0.6 is 27.3 Å². The normalized spacial score (nSPS) is 28.3.